The molecule has 1 fully saturated rings. The van der Waals surface area contributed by atoms with Crippen LogP contribution < -0.4 is 5.73 Å². The first-order valence-corrected chi connectivity index (χ1v) is 5.95. The van der Waals surface area contributed by atoms with E-state index in [1.54, 1.807) is 7.11 Å². The Labute approximate surface area is 88.2 Å². The van der Waals surface area contributed by atoms with E-state index in [2.05, 4.69) is 6.92 Å². The Morgan fingerprint density at radius 2 is 2.29 bits per heavy atom. The molecule has 84 valence electrons. The molecule has 0 saturated heterocycles. The van der Waals surface area contributed by atoms with Gasteiger partial charge in [0.25, 0.3) is 0 Å². The zero-order valence-corrected chi connectivity index (χ0v) is 9.72. The minimum Gasteiger partial charge on any atom is -0.385 e. The van der Waals surface area contributed by atoms with Crippen molar-refractivity contribution in [2.45, 2.75) is 45.4 Å². The van der Waals surface area contributed by atoms with Crippen molar-refractivity contribution in [2.24, 2.45) is 17.1 Å². The number of nitrogens with two attached hydrogens (primary N) is 1. The van der Waals surface area contributed by atoms with Gasteiger partial charge in [0.05, 0.1) is 0 Å². The summed E-state index contributed by atoms with van der Waals surface area (Å²) in [7, 11) is 1.78. The van der Waals surface area contributed by atoms with E-state index in [1.807, 2.05) is 0 Å². The maximum absolute atomic E-state index is 5.94. The van der Waals surface area contributed by atoms with Gasteiger partial charge in [-0.25, -0.2) is 0 Å². The SMILES string of the molecule is CCC1CCCC(CN)(CCOC)C1. The molecule has 1 rings (SSSR count). The van der Waals surface area contributed by atoms with Gasteiger partial charge in [0.2, 0.25) is 0 Å². The molecule has 0 radical (unpaired) electrons. The van der Waals surface area contributed by atoms with Gasteiger partial charge in [0, 0.05) is 13.7 Å². The van der Waals surface area contributed by atoms with Gasteiger partial charge >= 0.3 is 0 Å². The highest BCUT2D eigenvalue weighted by Gasteiger charge is 2.33. The molecule has 0 aromatic carbocycles. The van der Waals surface area contributed by atoms with Gasteiger partial charge in [-0.2, -0.15) is 0 Å². The fraction of sp³-hybridized carbons (Fsp3) is 1.00. The second-order valence-electron chi connectivity index (χ2n) is 4.82. The fourth-order valence-corrected chi connectivity index (χ4v) is 2.76. The van der Waals surface area contributed by atoms with Crippen molar-refractivity contribution >= 4 is 0 Å². The molecule has 2 heteroatoms. The number of rotatable bonds is 5. The topological polar surface area (TPSA) is 35.2 Å². The summed E-state index contributed by atoms with van der Waals surface area (Å²) < 4.78 is 5.18. The van der Waals surface area contributed by atoms with Crippen LogP contribution in [-0.4, -0.2) is 20.3 Å². The molecule has 0 spiro atoms. The molecule has 0 aromatic heterocycles. The average Bonchev–Trinajstić information content (AvgIpc) is 2.26. The molecule has 2 atom stereocenters. The molecular weight excluding hydrogens is 174 g/mol. The molecule has 1 aliphatic rings. The Morgan fingerprint density at radius 3 is 2.86 bits per heavy atom. The summed E-state index contributed by atoms with van der Waals surface area (Å²) in [4.78, 5) is 0. The monoisotopic (exact) mass is 199 g/mol. The summed E-state index contributed by atoms with van der Waals surface area (Å²) in [6.45, 7) is 4.01. The molecule has 2 unspecified atom stereocenters. The zero-order valence-electron chi connectivity index (χ0n) is 9.72. The van der Waals surface area contributed by atoms with Crippen LogP contribution in [0.15, 0.2) is 0 Å². The van der Waals surface area contributed by atoms with Crippen molar-refractivity contribution in [3.8, 4) is 0 Å². The van der Waals surface area contributed by atoms with E-state index in [0.29, 0.717) is 5.41 Å². The highest BCUT2D eigenvalue weighted by Crippen LogP contribution is 2.42. The third-order valence-electron chi connectivity index (χ3n) is 3.89. The van der Waals surface area contributed by atoms with Crippen LogP contribution in [0.2, 0.25) is 0 Å². The van der Waals surface area contributed by atoms with Crippen LogP contribution in [0.4, 0.5) is 0 Å². The van der Waals surface area contributed by atoms with Crippen LogP contribution in [-0.2, 0) is 4.74 Å². The van der Waals surface area contributed by atoms with E-state index in [9.17, 15) is 0 Å². The highest BCUT2D eigenvalue weighted by molar-refractivity contribution is 4.86. The average molecular weight is 199 g/mol. The number of hydrogen-bond acceptors (Lipinski definition) is 2. The second-order valence-corrected chi connectivity index (χ2v) is 4.82. The first kappa shape index (κ1) is 12.0. The van der Waals surface area contributed by atoms with E-state index >= 15 is 0 Å². The molecule has 0 aromatic rings. The lowest BCUT2D eigenvalue weighted by atomic mass is 9.67. The first-order chi connectivity index (χ1) is 6.76. The zero-order chi connectivity index (χ0) is 10.4. The minimum atomic E-state index is 0.398. The normalized spacial score (nSPS) is 33.2. The van der Waals surface area contributed by atoms with Crippen LogP contribution in [0.5, 0.6) is 0 Å². The molecule has 1 saturated carbocycles. The smallest absolute Gasteiger partial charge is 0.0468 e. The van der Waals surface area contributed by atoms with E-state index in [0.717, 1.165) is 25.5 Å². The van der Waals surface area contributed by atoms with Crippen LogP contribution in [0.25, 0.3) is 0 Å². The van der Waals surface area contributed by atoms with Crippen molar-refractivity contribution in [3.05, 3.63) is 0 Å². The van der Waals surface area contributed by atoms with Gasteiger partial charge in [-0.05, 0) is 37.1 Å². The van der Waals surface area contributed by atoms with Gasteiger partial charge in [-0.15, -0.1) is 0 Å². The fourth-order valence-electron chi connectivity index (χ4n) is 2.76. The molecule has 14 heavy (non-hydrogen) atoms. The molecule has 0 heterocycles. The lowest BCUT2D eigenvalue weighted by Crippen LogP contribution is -2.36. The summed E-state index contributed by atoms with van der Waals surface area (Å²) in [6.07, 6.45) is 7.86. The summed E-state index contributed by atoms with van der Waals surface area (Å²) in [5.74, 6) is 0.907. The summed E-state index contributed by atoms with van der Waals surface area (Å²) in [5.41, 5.74) is 6.34. The van der Waals surface area contributed by atoms with E-state index < -0.39 is 0 Å². The van der Waals surface area contributed by atoms with E-state index in [4.69, 9.17) is 10.5 Å². The van der Waals surface area contributed by atoms with Crippen LogP contribution >= 0.6 is 0 Å². The van der Waals surface area contributed by atoms with Crippen LogP contribution in [0.1, 0.15) is 45.4 Å². The van der Waals surface area contributed by atoms with E-state index in [1.165, 1.54) is 32.1 Å². The third-order valence-corrected chi connectivity index (χ3v) is 3.89. The number of ether oxygens (including phenoxy) is 1. The van der Waals surface area contributed by atoms with Gasteiger partial charge in [0.1, 0.15) is 0 Å². The lowest BCUT2D eigenvalue weighted by molar-refractivity contribution is 0.0839. The van der Waals surface area contributed by atoms with Crippen molar-refractivity contribution in [2.75, 3.05) is 20.3 Å². The Bertz CT molecular complexity index is 160. The predicted molar refractivity (Wildman–Crippen MR) is 60.2 cm³/mol. The Hall–Kier alpha value is -0.0800. The lowest BCUT2D eigenvalue weighted by Gasteiger charge is -2.40. The standard InChI is InChI=1S/C12H25NO/c1-3-11-5-4-6-12(9-11,10-13)7-8-14-2/h11H,3-10,13H2,1-2H3. The molecule has 2 N–H and O–H groups in total. The third kappa shape index (κ3) is 2.96. The maximum atomic E-state index is 5.94. The molecule has 0 amide bonds. The summed E-state index contributed by atoms with van der Waals surface area (Å²) in [5, 5.41) is 0. The largest absolute Gasteiger partial charge is 0.385 e. The van der Waals surface area contributed by atoms with Gasteiger partial charge in [-0.1, -0.05) is 26.2 Å². The Kier molecular flexibility index (Phi) is 4.90. The summed E-state index contributed by atoms with van der Waals surface area (Å²) in [6, 6.07) is 0. The van der Waals surface area contributed by atoms with Crippen molar-refractivity contribution in [3.63, 3.8) is 0 Å². The van der Waals surface area contributed by atoms with Crippen molar-refractivity contribution in [1.29, 1.82) is 0 Å². The van der Waals surface area contributed by atoms with Crippen LogP contribution in [0.3, 0.4) is 0 Å². The maximum Gasteiger partial charge on any atom is 0.0468 e. The molecule has 0 bridgehead atoms. The molecule has 0 aliphatic heterocycles. The quantitative estimate of drug-likeness (QED) is 0.738. The Morgan fingerprint density at radius 1 is 1.50 bits per heavy atom. The second kappa shape index (κ2) is 5.72. The first-order valence-electron chi connectivity index (χ1n) is 5.95. The van der Waals surface area contributed by atoms with E-state index in [-0.39, 0.29) is 0 Å². The van der Waals surface area contributed by atoms with Crippen molar-refractivity contribution in [1.82, 2.24) is 0 Å². The summed E-state index contributed by atoms with van der Waals surface area (Å²) >= 11 is 0. The van der Waals surface area contributed by atoms with Crippen LogP contribution in [0, 0.1) is 11.3 Å². The van der Waals surface area contributed by atoms with Gasteiger partial charge in [0.15, 0.2) is 0 Å². The molecule has 2 nitrogen and oxygen atoms in total. The Balaban J connectivity index is 2.49. The minimum absolute atomic E-state index is 0.398. The number of hydrogen-bond donors (Lipinski definition) is 1. The molecule has 1 aliphatic carbocycles. The van der Waals surface area contributed by atoms with Gasteiger partial charge in [-0.3, -0.25) is 0 Å². The molecular formula is C12H25NO. The predicted octanol–water partition coefficient (Wildman–Crippen LogP) is 2.57. The number of methoxy groups -OCH3 is 1. The van der Waals surface area contributed by atoms with Gasteiger partial charge < -0.3 is 10.5 Å². The van der Waals surface area contributed by atoms with Crippen molar-refractivity contribution < 1.29 is 4.74 Å². The highest BCUT2D eigenvalue weighted by atomic mass is 16.5.